The fraction of sp³-hybridized carbons (Fsp3) is 0.375. The highest BCUT2D eigenvalue weighted by Gasteiger charge is 2.27. The molecule has 0 saturated carbocycles. The fourth-order valence-corrected chi connectivity index (χ4v) is 3.83. The van der Waals surface area contributed by atoms with Gasteiger partial charge in [0.05, 0.1) is 23.2 Å². The summed E-state index contributed by atoms with van der Waals surface area (Å²) in [4.78, 5) is 10.1. The second-order valence-electron chi connectivity index (χ2n) is 5.43. The standard InChI is InChI=1S/C16H19N3OS2/c1-4-16(3,15-19-11(2)10-22-15)18-9-14-17-8-12(20-14)13-6-5-7-21-13/h5-8,10,18H,4,9H2,1-3H3/t16-/m0/s1. The molecule has 3 heterocycles. The zero-order chi connectivity index (χ0) is 15.6. The Morgan fingerprint density at radius 2 is 2.23 bits per heavy atom. The van der Waals surface area contributed by atoms with Crippen molar-refractivity contribution in [2.24, 2.45) is 0 Å². The molecule has 0 unspecified atom stereocenters. The first-order valence-electron chi connectivity index (χ1n) is 7.27. The summed E-state index contributed by atoms with van der Waals surface area (Å²) in [6, 6.07) is 4.05. The van der Waals surface area contributed by atoms with E-state index < -0.39 is 0 Å². The number of aromatic nitrogens is 2. The SMILES string of the molecule is CC[C@](C)(NCc1ncc(-c2cccs2)o1)c1nc(C)cs1. The summed E-state index contributed by atoms with van der Waals surface area (Å²) < 4.78 is 5.83. The molecule has 0 saturated heterocycles. The number of hydrogen-bond donors (Lipinski definition) is 1. The number of nitrogens with one attached hydrogen (secondary N) is 1. The van der Waals surface area contributed by atoms with E-state index in [2.05, 4.69) is 34.5 Å². The molecule has 22 heavy (non-hydrogen) atoms. The van der Waals surface area contributed by atoms with Gasteiger partial charge in [0.25, 0.3) is 0 Å². The van der Waals surface area contributed by atoms with Gasteiger partial charge in [0.2, 0.25) is 5.89 Å². The molecule has 116 valence electrons. The van der Waals surface area contributed by atoms with Crippen molar-refractivity contribution in [1.82, 2.24) is 15.3 Å². The van der Waals surface area contributed by atoms with Crippen LogP contribution in [-0.2, 0) is 12.1 Å². The zero-order valence-electron chi connectivity index (χ0n) is 12.9. The van der Waals surface area contributed by atoms with E-state index in [1.54, 1.807) is 28.9 Å². The number of nitrogens with zero attached hydrogens (tertiary/aromatic N) is 2. The first-order chi connectivity index (χ1) is 10.6. The number of rotatable bonds is 6. The third kappa shape index (κ3) is 3.14. The lowest BCUT2D eigenvalue weighted by molar-refractivity contribution is 0.327. The van der Waals surface area contributed by atoms with Crippen LogP contribution in [0.1, 0.15) is 36.9 Å². The van der Waals surface area contributed by atoms with Crippen LogP contribution in [0.5, 0.6) is 0 Å². The molecule has 1 N–H and O–H groups in total. The molecule has 3 aromatic heterocycles. The maximum absolute atomic E-state index is 5.83. The van der Waals surface area contributed by atoms with Crippen LogP contribution in [0.3, 0.4) is 0 Å². The minimum atomic E-state index is -0.156. The van der Waals surface area contributed by atoms with E-state index in [0.29, 0.717) is 12.4 Å². The molecule has 0 radical (unpaired) electrons. The van der Waals surface area contributed by atoms with E-state index in [-0.39, 0.29) is 5.54 Å². The third-order valence-electron chi connectivity index (χ3n) is 3.75. The zero-order valence-corrected chi connectivity index (χ0v) is 14.6. The average Bonchev–Trinajstić information content (AvgIpc) is 3.25. The summed E-state index contributed by atoms with van der Waals surface area (Å²) in [7, 11) is 0. The van der Waals surface area contributed by atoms with Gasteiger partial charge in [-0.25, -0.2) is 9.97 Å². The Morgan fingerprint density at radius 1 is 1.36 bits per heavy atom. The Bertz CT molecular complexity index is 732. The molecule has 6 heteroatoms. The summed E-state index contributed by atoms with van der Waals surface area (Å²) in [6.45, 7) is 6.95. The van der Waals surface area contributed by atoms with Gasteiger partial charge < -0.3 is 4.42 Å². The van der Waals surface area contributed by atoms with Crippen LogP contribution in [-0.4, -0.2) is 9.97 Å². The molecule has 1 atom stereocenters. The summed E-state index contributed by atoms with van der Waals surface area (Å²) in [6.07, 6.45) is 2.75. The number of thiazole rings is 1. The van der Waals surface area contributed by atoms with E-state index in [1.165, 1.54) is 0 Å². The predicted octanol–water partition coefficient (Wildman–Crippen LogP) is 4.58. The van der Waals surface area contributed by atoms with E-state index in [9.17, 15) is 0 Å². The van der Waals surface area contributed by atoms with Crippen molar-refractivity contribution in [2.75, 3.05) is 0 Å². The Balaban J connectivity index is 1.71. The number of hydrogen-bond acceptors (Lipinski definition) is 6. The van der Waals surface area contributed by atoms with Crippen LogP contribution in [0.25, 0.3) is 10.6 Å². The van der Waals surface area contributed by atoms with Crippen molar-refractivity contribution in [3.63, 3.8) is 0 Å². The number of aryl methyl sites for hydroxylation is 1. The Morgan fingerprint density at radius 3 is 2.86 bits per heavy atom. The van der Waals surface area contributed by atoms with E-state index in [0.717, 1.165) is 27.8 Å². The van der Waals surface area contributed by atoms with Gasteiger partial charge in [-0.05, 0) is 31.7 Å². The molecule has 3 rings (SSSR count). The van der Waals surface area contributed by atoms with Crippen molar-refractivity contribution in [3.05, 3.63) is 45.7 Å². The van der Waals surface area contributed by atoms with E-state index in [1.807, 2.05) is 24.4 Å². The molecule has 3 aromatic rings. The number of thiophene rings is 1. The molecular weight excluding hydrogens is 314 g/mol. The quantitative estimate of drug-likeness (QED) is 0.717. The second kappa shape index (κ2) is 6.32. The Kier molecular flexibility index (Phi) is 4.42. The smallest absolute Gasteiger partial charge is 0.208 e. The largest absolute Gasteiger partial charge is 0.438 e. The monoisotopic (exact) mass is 333 g/mol. The van der Waals surface area contributed by atoms with Crippen LogP contribution < -0.4 is 5.32 Å². The minimum absolute atomic E-state index is 0.156. The first kappa shape index (κ1) is 15.4. The Labute approximate surface area is 138 Å². The maximum Gasteiger partial charge on any atom is 0.208 e. The van der Waals surface area contributed by atoms with Crippen LogP contribution in [0.2, 0.25) is 0 Å². The van der Waals surface area contributed by atoms with Gasteiger partial charge in [-0.15, -0.1) is 22.7 Å². The molecule has 0 aliphatic rings. The van der Waals surface area contributed by atoms with Gasteiger partial charge in [0.15, 0.2) is 5.76 Å². The van der Waals surface area contributed by atoms with Crippen molar-refractivity contribution in [2.45, 2.75) is 39.3 Å². The van der Waals surface area contributed by atoms with Gasteiger partial charge in [-0.1, -0.05) is 13.0 Å². The molecule has 0 aliphatic heterocycles. The molecule has 0 aromatic carbocycles. The van der Waals surface area contributed by atoms with Crippen LogP contribution in [0.4, 0.5) is 0 Å². The molecular formula is C16H19N3OS2. The molecule has 0 bridgehead atoms. The predicted molar refractivity (Wildman–Crippen MR) is 91.1 cm³/mol. The van der Waals surface area contributed by atoms with Gasteiger partial charge in [-0.3, -0.25) is 5.32 Å². The lowest BCUT2D eigenvalue weighted by atomic mass is 10.00. The van der Waals surface area contributed by atoms with Crippen molar-refractivity contribution in [3.8, 4) is 10.6 Å². The second-order valence-corrected chi connectivity index (χ2v) is 7.23. The highest BCUT2D eigenvalue weighted by atomic mass is 32.1. The lowest BCUT2D eigenvalue weighted by Crippen LogP contribution is -2.38. The topological polar surface area (TPSA) is 51.0 Å². The highest BCUT2D eigenvalue weighted by Crippen LogP contribution is 2.29. The molecule has 0 spiro atoms. The highest BCUT2D eigenvalue weighted by molar-refractivity contribution is 7.13. The van der Waals surface area contributed by atoms with Crippen molar-refractivity contribution >= 4 is 22.7 Å². The lowest BCUT2D eigenvalue weighted by Gasteiger charge is -2.26. The van der Waals surface area contributed by atoms with Gasteiger partial charge in [0.1, 0.15) is 5.01 Å². The van der Waals surface area contributed by atoms with Crippen LogP contribution in [0.15, 0.2) is 33.5 Å². The van der Waals surface area contributed by atoms with Gasteiger partial charge in [0, 0.05) is 11.1 Å². The van der Waals surface area contributed by atoms with E-state index in [4.69, 9.17) is 4.42 Å². The number of oxazole rings is 1. The van der Waals surface area contributed by atoms with Crippen LogP contribution in [0, 0.1) is 6.92 Å². The molecule has 4 nitrogen and oxygen atoms in total. The maximum atomic E-state index is 5.83. The average molecular weight is 333 g/mol. The minimum Gasteiger partial charge on any atom is -0.438 e. The fourth-order valence-electron chi connectivity index (χ4n) is 2.15. The van der Waals surface area contributed by atoms with Crippen molar-refractivity contribution in [1.29, 1.82) is 0 Å². The molecule has 0 amide bonds. The van der Waals surface area contributed by atoms with Gasteiger partial charge >= 0.3 is 0 Å². The van der Waals surface area contributed by atoms with E-state index >= 15 is 0 Å². The summed E-state index contributed by atoms with van der Waals surface area (Å²) in [5.41, 5.74) is 0.911. The summed E-state index contributed by atoms with van der Waals surface area (Å²) >= 11 is 3.35. The summed E-state index contributed by atoms with van der Waals surface area (Å²) in [5, 5.41) is 8.78. The van der Waals surface area contributed by atoms with Gasteiger partial charge in [-0.2, -0.15) is 0 Å². The van der Waals surface area contributed by atoms with Crippen molar-refractivity contribution < 1.29 is 4.42 Å². The normalized spacial score (nSPS) is 14.1. The third-order valence-corrected chi connectivity index (χ3v) is 5.85. The first-order valence-corrected chi connectivity index (χ1v) is 9.03. The molecule has 0 aliphatic carbocycles. The summed E-state index contributed by atoms with van der Waals surface area (Å²) in [5.74, 6) is 1.53. The Hall–Kier alpha value is -1.50. The molecule has 0 fully saturated rings. The van der Waals surface area contributed by atoms with Crippen LogP contribution >= 0.6 is 22.7 Å².